The SMILES string of the molecule is O=C(c1ccc2c(c1)CCC2)N1CCN(S(=O)(=O)c2ccc(OC(F)(F)F)cc2)CC1. The molecule has 0 aromatic heterocycles. The predicted octanol–water partition coefficient (Wildman–Crippen LogP) is 3.22. The fourth-order valence-corrected chi connectivity index (χ4v) is 5.40. The Bertz CT molecular complexity index is 1080. The number of halogens is 3. The molecule has 166 valence electrons. The van der Waals surface area contributed by atoms with Crippen LogP contribution in [0.25, 0.3) is 0 Å². The molecule has 2 aromatic carbocycles. The molecule has 1 aliphatic carbocycles. The highest BCUT2D eigenvalue weighted by atomic mass is 32.2. The molecule has 1 amide bonds. The third-order valence-electron chi connectivity index (χ3n) is 5.57. The Morgan fingerprint density at radius 3 is 2.19 bits per heavy atom. The fraction of sp³-hybridized carbons (Fsp3) is 0.381. The smallest absolute Gasteiger partial charge is 0.406 e. The van der Waals surface area contributed by atoms with Gasteiger partial charge in [-0.05, 0) is 66.8 Å². The number of nitrogens with zero attached hydrogens (tertiary/aromatic N) is 2. The number of benzene rings is 2. The lowest BCUT2D eigenvalue weighted by molar-refractivity contribution is -0.274. The Kier molecular flexibility index (Phi) is 5.69. The van der Waals surface area contributed by atoms with Gasteiger partial charge in [0, 0.05) is 31.7 Å². The number of hydrogen-bond donors (Lipinski definition) is 0. The van der Waals surface area contributed by atoms with Crippen molar-refractivity contribution in [2.75, 3.05) is 26.2 Å². The van der Waals surface area contributed by atoms with Crippen molar-refractivity contribution in [1.29, 1.82) is 0 Å². The van der Waals surface area contributed by atoms with Crippen molar-refractivity contribution >= 4 is 15.9 Å². The molecule has 1 fully saturated rings. The van der Waals surface area contributed by atoms with E-state index in [-0.39, 0.29) is 37.0 Å². The molecule has 4 rings (SSSR count). The summed E-state index contributed by atoms with van der Waals surface area (Å²) in [5.41, 5.74) is 3.08. The average Bonchev–Trinajstić information content (AvgIpc) is 3.20. The van der Waals surface area contributed by atoms with Crippen LogP contribution in [0.15, 0.2) is 47.4 Å². The zero-order valence-corrected chi connectivity index (χ0v) is 17.4. The number of carbonyl (C=O) groups is 1. The van der Waals surface area contributed by atoms with Crippen molar-refractivity contribution in [3.8, 4) is 5.75 Å². The third-order valence-corrected chi connectivity index (χ3v) is 7.48. The Labute approximate surface area is 178 Å². The molecule has 0 atom stereocenters. The van der Waals surface area contributed by atoms with Crippen LogP contribution in [0.3, 0.4) is 0 Å². The first-order valence-corrected chi connectivity index (χ1v) is 11.3. The number of rotatable bonds is 4. The van der Waals surface area contributed by atoms with Crippen molar-refractivity contribution in [2.24, 2.45) is 0 Å². The lowest BCUT2D eigenvalue weighted by Gasteiger charge is -2.34. The molecule has 0 spiro atoms. The molecule has 2 aromatic rings. The van der Waals surface area contributed by atoms with Gasteiger partial charge in [-0.1, -0.05) is 6.07 Å². The Hall–Kier alpha value is -2.59. The summed E-state index contributed by atoms with van der Waals surface area (Å²) in [6.07, 6.45) is -1.76. The highest BCUT2D eigenvalue weighted by Crippen LogP contribution is 2.26. The molecule has 0 radical (unpaired) electrons. The van der Waals surface area contributed by atoms with Crippen LogP contribution in [-0.2, 0) is 22.9 Å². The monoisotopic (exact) mass is 454 g/mol. The molecule has 10 heteroatoms. The van der Waals surface area contributed by atoms with Crippen LogP contribution in [0.5, 0.6) is 5.75 Å². The van der Waals surface area contributed by atoms with Crippen molar-refractivity contribution in [3.05, 3.63) is 59.2 Å². The van der Waals surface area contributed by atoms with E-state index in [0.29, 0.717) is 5.56 Å². The van der Waals surface area contributed by atoms with E-state index in [1.807, 2.05) is 18.2 Å². The van der Waals surface area contributed by atoms with E-state index in [1.165, 1.54) is 15.4 Å². The molecule has 0 N–H and O–H groups in total. The summed E-state index contributed by atoms with van der Waals surface area (Å²) in [5, 5.41) is 0. The van der Waals surface area contributed by atoms with Crippen molar-refractivity contribution in [2.45, 2.75) is 30.5 Å². The van der Waals surface area contributed by atoms with Crippen LogP contribution in [0.1, 0.15) is 27.9 Å². The molecule has 0 bridgehead atoms. The van der Waals surface area contributed by atoms with Gasteiger partial charge in [0.25, 0.3) is 5.91 Å². The van der Waals surface area contributed by atoms with Crippen LogP contribution < -0.4 is 4.74 Å². The Morgan fingerprint density at radius 1 is 0.903 bits per heavy atom. The van der Waals surface area contributed by atoms with Gasteiger partial charge in [-0.25, -0.2) is 8.42 Å². The number of ether oxygens (including phenoxy) is 1. The number of carbonyl (C=O) groups excluding carboxylic acids is 1. The number of amides is 1. The summed E-state index contributed by atoms with van der Waals surface area (Å²) in [7, 11) is -3.89. The van der Waals surface area contributed by atoms with E-state index < -0.39 is 22.1 Å². The van der Waals surface area contributed by atoms with Gasteiger partial charge in [-0.3, -0.25) is 4.79 Å². The standard InChI is InChI=1S/C21H21F3N2O4S/c22-21(23,24)30-18-6-8-19(9-7-18)31(28,29)26-12-10-25(11-13-26)20(27)17-5-4-15-2-1-3-16(15)14-17/h4-9,14H,1-3,10-13H2. The van der Waals surface area contributed by atoms with E-state index >= 15 is 0 Å². The molecule has 0 saturated carbocycles. The number of sulfonamides is 1. The van der Waals surface area contributed by atoms with Gasteiger partial charge < -0.3 is 9.64 Å². The number of aryl methyl sites for hydroxylation is 2. The molecule has 6 nitrogen and oxygen atoms in total. The van der Waals surface area contributed by atoms with Gasteiger partial charge in [0.15, 0.2) is 0 Å². The molecule has 1 aliphatic heterocycles. The van der Waals surface area contributed by atoms with Crippen LogP contribution in [-0.4, -0.2) is 56.1 Å². The van der Waals surface area contributed by atoms with Gasteiger partial charge in [-0.15, -0.1) is 13.2 Å². The van der Waals surface area contributed by atoms with Gasteiger partial charge >= 0.3 is 6.36 Å². The Morgan fingerprint density at radius 2 is 1.55 bits per heavy atom. The van der Waals surface area contributed by atoms with E-state index in [0.717, 1.165) is 43.5 Å². The van der Waals surface area contributed by atoms with E-state index in [1.54, 1.807) is 4.90 Å². The maximum Gasteiger partial charge on any atom is 0.573 e. The average molecular weight is 454 g/mol. The second kappa shape index (κ2) is 8.16. The normalized spacial score (nSPS) is 17.5. The molecular formula is C21H21F3N2O4S. The van der Waals surface area contributed by atoms with Crippen LogP contribution in [0, 0.1) is 0 Å². The molecular weight excluding hydrogens is 433 g/mol. The van der Waals surface area contributed by atoms with Gasteiger partial charge in [-0.2, -0.15) is 4.31 Å². The van der Waals surface area contributed by atoms with Crippen molar-refractivity contribution < 1.29 is 31.1 Å². The summed E-state index contributed by atoms with van der Waals surface area (Å²) in [6.45, 7) is 0.703. The van der Waals surface area contributed by atoms with E-state index in [2.05, 4.69) is 4.74 Å². The molecule has 0 unspecified atom stereocenters. The molecule has 1 heterocycles. The lowest BCUT2D eigenvalue weighted by atomic mass is 10.1. The Balaban J connectivity index is 1.40. The van der Waals surface area contributed by atoms with Crippen molar-refractivity contribution in [1.82, 2.24) is 9.21 Å². The quantitative estimate of drug-likeness (QED) is 0.712. The van der Waals surface area contributed by atoms with Crippen LogP contribution in [0.4, 0.5) is 13.2 Å². The van der Waals surface area contributed by atoms with Crippen LogP contribution in [0.2, 0.25) is 0 Å². The number of hydrogen-bond acceptors (Lipinski definition) is 4. The second-order valence-electron chi connectivity index (χ2n) is 7.55. The maximum absolute atomic E-state index is 12.8. The molecule has 31 heavy (non-hydrogen) atoms. The van der Waals surface area contributed by atoms with Crippen LogP contribution >= 0.6 is 0 Å². The first kappa shape index (κ1) is 21.6. The summed E-state index contributed by atoms with van der Waals surface area (Å²) in [6, 6.07) is 9.83. The summed E-state index contributed by atoms with van der Waals surface area (Å²) in [4.78, 5) is 14.3. The summed E-state index contributed by atoms with van der Waals surface area (Å²) < 4.78 is 67.5. The molecule has 1 saturated heterocycles. The number of piperazine rings is 1. The fourth-order valence-electron chi connectivity index (χ4n) is 3.98. The third kappa shape index (κ3) is 4.69. The second-order valence-corrected chi connectivity index (χ2v) is 9.49. The summed E-state index contributed by atoms with van der Waals surface area (Å²) >= 11 is 0. The summed E-state index contributed by atoms with van der Waals surface area (Å²) in [5.74, 6) is -0.614. The van der Waals surface area contributed by atoms with Gasteiger partial charge in [0.1, 0.15) is 5.75 Å². The van der Waals surface area contributed by atoms with Gasteiger partial charge in [0.2, 0.25) is 10.0 Å². The minimum Gasteiger partial charge on any atom is -0.406 e. The maximum atomic E-state index is 12.8. The zero-order valence-electron chi connectivity index (χ0n) is 16.6. The molecule has 2 aliphatic rings. The number of fused-ring (bicyclic) bond motifs is 1. The predicted molar refractivity (Wildman–Crippen MR) is 106 cm³/mol. The van der Waals surface area contributed by atoms with E-state index in [9.17, 15) is 26.4 Å². The minimum absolute atomic E-state index is 0.111. The first-order valence-electron chi connectivity index (χ1n) is 9.90. The van der Waals surface area contributed by atoms with Crippen molar-refractivity contribution in [3.63, 3.8) is 0 Å². The zero-order chi connectivity index (χ0) is 22.2. The van der Waals surface area contributed by atoms with E-state index in [4.69, 9.17) is 0 Å². The topological polar surface area (TPSA) is 66.9 Å². The largest absolute Gasteiger partial charge is 0.573 e. The lowest BCUT2D eigenvalue weighted by Crippen LogP contribution is -2.50. The number of alkyl halides is 3. The first-order chi connectivity index (χ1) is 14.6. The highest BCUT2D eigenvalue weighted by molar-refractivity contribution is 7.89. The minimum atomic E-state index is -4.85. The highest BCUT2D eigenvalue weighted by Gasteiger charge is 2.33. The van der Waals surface area contributed by atoms with Gasteiger partial charge in [0.05, 0.1) is 4.90 Å².